The number of halogens is 1. The number of anilines is 1. The van der Waals surface area contributed by atoms with Crippen molar-refractivity contribution in [3.8, 4) is 11.1 Å². The molecule has 28 heavy (non-hydrogen) atoms. The van der Waals surface area contributed by atoms with Gasteiger partial charge in [0.15, 0.2) is 0 Å². The van der Waals surface area contributed by atoms with Crippen molar-refractivity contribution in [3.05, 3.63) is 72.8 Å². The Balaban J connectivity index is 1.32. The molecule has 0 radical (unpaired) electrons. The van der Waals surface area contributed by atoms with E-state index >= 15 is 0 Å². The van der Waals surface area contributed by atoms with Crippen LogP contribution in [0.15, 0.2) is 67.0 Å². The predicted octanol–water partition coefficient (Wildman–Crippen LogP) is 3.47. The summed E-state index contributed by atoms with van der Waals surface area (Å²) in [5.41, 5.74) is 2.94. The zero-order valence-electron chi connectivity index (χ0n) is 15.6. The van der Waals surface area contributed by atoms with Crippen LogP contribution in [0, 0.1) is 5.82 Å². The average molecular weight is 378 g/mol. The standard InChI is InChI=1S/C22H23FN4O/c23-19-10-8-17(9-11-19)18-13-25-26(15-18)16-22(28)24-14-21-7-4-12-27(21)20-5-2-1-3-6-20/h1-3,5-6,8-11,13,15,21H,4,7,12,14,16H2,(H,24,28). The van der Waals surface area contributed by atoms with Gasteiger partial charge in [0.25, 0.3) is 0 Å². The summed E-state index contributed by atoms with van der Waals surface area (Å²) < 4.78 is 14.7. The van der Waals surface area contributed by atoms with Crippen molar-refractivity contribution in [3.63, 3.8) is 0 Å². The summed E-state index contributed by atoms with van der Waals surface area (Å²) in [4.78, 5) is 14.7. The van der Waals surface area contributed by atoms with Gasteiger partial charge in [-0.25, -0.2) is 4.39 Å². The summed E-state index contributed by atoms with van der Waals surface area (Å²) in [6, 6.07) is 16.9. The van der Waals surface area contributed by atoms with Crippen LogP contribution in [0.3, 0.4) is 0 Å². The number of aromatic nitrogens is 2. The first-order valence-corrected chi connectivity index (χ1v) is 9.56. The van der Waals surface area contributed by atoms with E-state index in [1.54, 1.807) is 29.2 Å². The highest BCUT2D eigenvalue weighted by Gasteiger charge is 2.24. The zero-order valence-corrected chi connectivity index (χ0v) is 15.6. The molecule has 0 saturated carbocycles. The molecule has 1 aromatic heterocycles. The van der Waals surface area contributed by atoms with Gasteiger partial charge in [0.1, 0.15) is 12.4 Å². The maximum absolute atomic E-state index is 13.1. The van der Waals surface area contributed by atoms with Gasteiger partial charge in [-0.2, -0.15) is 5.10 Å². The van der Waals surface area contributed by atoms with Crippen molar-refractivity contribution in [1.82, 2.24) is 15.1 Å². The van der Waals surface area contributed by atoms with Crippen LogP contribution < -0.4 is 10.2 Å². The Morgan fingerprint density at radius 2 is 1.89 bits per heavy atom. The second-order valence-electron chi connectivity index (χ2n) is 7.06. The van der Waals surface area contributed by atoms with Crippen molar-refractivity contribution >= 4 is 11.6 Å². The highest BCUT2D eigenvalue weighted by Crippen LogP contribution is 2.24. The van der Waals surface area contributed by atoms with Gasteiger partial charge >= 0.3 is 0 Å². The molecule has 144 valence electrons. The largest absolute Gasteiger partial charge is 0.367 e. The van der Waals surface area contributed by atoms with E-state index in [1.807, 2.05) is 18.2 Å². The lowest BCUT2D eigenvalue weighted by atomic mass is 10.1. The Morgan fingerprint density at radius 1 is 1.11 bits per heavy atom. The molecule has 1 atom stereocenters. The first-order chi connectivity index (χ1) is 13.7. The summed E-state index contributed by atoms with van der Waals surface area (Å²) in [5, 5.41) is 7.29. The van der Waals surface area contributed by atoms with E-state index < -0.39 is 0 Å². The smallest absolute Gasteiger partial charge is 0.241 e. The summed E-state index contributed by atoms with van der Waals surface area (Å²) in [7, 11) is 0. The molecule has 5 nitrogen and oxygen atoms in total. The summed E-state index contributed by atoms with van der Waals surface area (Å²) in [6.07, 6.45) is 5.70. The Morgan fingerprint density at radius 3 is 2.68 bits per heavy atom. The minimum atomic E-state index is -0.271. The van der Waals surface area contributed by atoms with Gasteiger partial charge in [-0.05, 0) is 42.7 Å². The molecule has 1 saturated heterocycles. The molecular formula is C22H23FN4O. The lowest BCUT2D eigenvalue weighted by Crippen LogP contribution is -2.41. The number of carbonyl (C=O) groups excluding carboxylic acids is 1. The fraction of sp³-hybridized carbons (Fsp3) is 0.273. The third kappa shape index (κ3) is 4.22. The molecule has 0 bridgehead atoms. The quantitative estimate of drug-likeness (QED) is 0.715. The van der Waals surface area contributed by atoms with Gasteiger partial charge in [0.05, 0.1) is 6.20 Å². The molecule has 2 aromatic carbocycles. The number of nitrogens with zero attached hydrogens (tertiary/aromatic N) is 3. The Hall–Kier alpha value is -3.15. The predicted molar refractivity (Wildman–Crippen MR) is 107 cm³/mol. The van der Waals surface area contributed by atoms with Gasteiger partial charge in [-0.15, -0.1) is 0 Å². The number of carbonyl (C=O) groups is 1. The Bertz CT molecular complexity index is 923. The van der Waals surface area contributed by atoms with Gasteiger partial charge in [-0.1, -0.05) is 30.3 Å². The number of para-hydroxylation sites is 1. The lowest BCUT2D eigenvalue weighted by Gasteiger charge is -2.27. The summed E-state index contributed by atoms with van der Waals surface area (Å²) >= 11 is 0. The van der Waals surface area contributed by atoms with Gasteiger partial charge in [0.2, 0.25) is 5.91 Å². The van der Waals surface area contributed by atoms with E-state index in [2.05, 4.69) is 27.4 Å². The van der Waals surface area contributed by atoms with Crippen LogP contribution in [0.5, 0.6) is 0 Å². The Labute approximate surface area is 163 Å². The minimum Gasteiger partial charge on any atom is -0.367 e. The van der Waals surface area contributed by atoms with E-state index in [0.717, 1.165) is 30.5 Å². The highest BCUT2D eigenvalue weighted by atomic mass is 19.1. The van der Waals surface area contributed by atoms with Crippen LogP contribution in [0.4, 0.5) is 10.1 Å². The zero-order chi connectivity index (χ0) is 19.3. The van der Waals surface area contributed by atoms with Crippen molar-refractivity contribution < 1.29 is 9.18 Å². The monoisotopic (exact) mass is 378 g/mol. The maximum atomic E-state index is 13.1. The van der Waals surface area contributed by atoms with Crippen LogP contribution in [0.1, 0.15) is 12.8 Å². The van der Waals surface area contributed by atoms with Gasteiger partial charge in [0, 0.05) is 36.6 Å². The van der Waals surface area contributed by atoms with Gasteiger partial charge in [-0.3, -0.25) is 9.48 Å². The number of amides is 1. The first-order valence-electron chi connectivity index (χ1n) is 9.56. The molecule has 1 aliphatic heterocycles. The molecule has 1 N–H and O–H groups in total. The maximum Gasteiger partial charge on any atom is 0.241 e. The van der Waals surface area contributed by atoms with Crippen LogP contribution >= 0.6 is 0 Å². The van der Waals surface area contributed by atoms with Crippen molar-refractivity contribution in [1.29, 1.82) is 0 Å². The molecule has 1 fully saturated rings. The molecule has 0 spiro atoms. The number of hydrogen-bond donors (Lipinski definition) is 1. The summed E-state index contributed by atoms with van der Waals surface area (Å²) in [5.74, 6) is -0.333. The SMILES string of the molecule is O=C(Cn1cc(-c2ccc(F)cc2)cn1)NCC1CCCN1c1ccccc1. The minimum absolute atomic E-state index is 0.0614. The second-order valence-corrected chi connectivity index (χ2v) is 7.06. The molecular weight excluding hydrogens is 355 g/mol. The van der Waals surface area contributed by atoms with Crippen molar-refractivity contribution in [2.24, 2.45) is 0 Å². The molecule has 4 rings (SSSR count). The van der Waals surface area contributed by atoms with Crippen LogP contribution in [-0.4, -0.2) is 34.8 Å². The van der Waals surface area contributed by atoms with Crippen LogP contribution in [0.25, 0.3) is 11.1 Å². The third-order valence-corrected chi connectivity index (χ3v) is 5.12. The molecule has 3 aromatic rings. The first kappa shape index (κ1) is 18.2. The van der Waals surface area contributed by atoms with Crippen molar-refractivity contribution in [2.45, 2.75) is 25.4 Å². The highest BCUT2D eigenvalue weighted by molar-refractivity contribution is 5.76. The third-order valence-electron chi connectivity index (χ3n) is 5.12. The number of benzene rings is 2. The van der Waals surface area contributed by atoms with E-state index in [4.69, 9.17) is 0 Å². The average Bonchev–Trinajstić information content (AvgIpc) is 3.37. The van der Waals surface area contributed by atoms with E-state index in [9.17, 15) is 9.18 Å². The Kier molecular flexibility index (Phi) is 5.37. The van der Waals surface area contributed by atoms with E-state index in [-0.39, 0.29) is 18.3 Å². The molecule has 1 unspecified atom stereocenters. The topological polar surface area (TPSA) is 50.2 Å². The molecule has 1 amide bonds. The van der Waals surface area contributed by atoms with Gasteiger partial charge < -0.3 is 10.2 Å². The molecule has 6 heteroatoms. The number of hydrogen-bond acceptors (Lipinski definition) is 3. The van der Waals surface area contributed by atoms with Crippen molar-refractivity contribution in [2.75, 3.05) is 18.0 Å². The number of nitrogens with one attached hydrogen (secondary N) is 1. The number of rotatable bonds is 6. The summed E-state index contributed by atoms with van der Waals surface area (Å²) in [6.45, 7) is 1.81. The molecule has 1 aliphatic rings. The van der Waals surface area contributed by atoms with Crippen LogP contribution in [0.2, 0.25) is 0 Å². The molecule has 0 aliphatic carbocycles. The normalized spacial score (nSPS) is 16.3. The fourth-order valence-electron chi connectivity index (χ4n) is 3.68. The second kappa shape index (κ2) is 8.25. The molecule has 2 heterocycles. The van der Waals surface area contributed by atoms with Crippen LogP contribution in [-0.2, 0) is 11.3 Å². The van der Waals surface area contributed by atoms with E-state index in [1.165, 1.54) is 17.8 Å². The fourth-order valence-corrected chi connectivity index (χ4v) is 3.68. The lowest BCUT2D eigenvalue weighted by molar-refractivity contribution is -0.121. The van der Waals surface area contributed by atoms with E-state index in [0.29, 0.717) is 12.6 Å².